The quantitative estimate of drug-likeness (QED) is 0.211. The minimum absolute atomic E-state index is 0.175. The number of hydrogen-bond acceptors (Lipinski definition) is 7. The Bertz CT molecular complexity index is 1620. The Kier molecular flexibility index (Phi) is 9.66. The van der Waals surface area contributed by atoms with Crippen molar-refractivity contribution >= 4 is 11.9 Å². The molecule has 1 unspecified atom stereocenters. The minimum Gasteiger partial charge on any atom is -0.481 e. The summed E-state index contributed by atoms with van der Waals surface area (Å²) < 4.78 is 15.7. The Hall–Kier alpha value is -2.30. The van der Waals surface area contributed by atoms with E-state index in [0.717, 1.165) is 57.8 Å². The maximum atomic E-state index is 13.5. The Morgan fingerprint density at radius 1 is 1.08 bits per heavy atom. The predicted molar refractivity (Wildman–Crippen MR) is 205 cm³/mol. The van der Waals surface area contributed by atoms with E-state index < -0.39 is 17.4 Å². The average Bonchev–Trinajstić information content (AvgIpc) is 3.56. The molecule has 5 fully saturated rings. The van der Waals surface area contributed by atoms with Gasteiger partial charge in [-0.1, -0.05) is 74.0 Å². The molecular weight excluding hydrogens is 667 g/mol. The fourth-order valence-electron chi connectivity index (χ4n) is 12.9. The van der Waals surface area contributed by atoms with Crippen LogP contribution in [0.25, 0.3) is 0 Å². The SMILES string of the molecule is CC(C)[C@@H](C)[C@@]1(C)CC[C@]2(C)[C@H]3CC[C@@H]4C5(COC[C@]4(C)[C@@H](OC[C@](C)(N)C(C)C)[C@H](n4cnc(C(=O)NC6CCC6)n4)C5)C3=CC[C@@]2(C)[C@@H]1C(=O)O. The molecule has 2 heterocycles. The van der Waals surface area contributed by atoms with Crippen molar-refractivity contribution in [1.82, 2.24) is 20.1 Å². The third kappa shape index (κ3) is 5.71. The summed E-state index contributed by atoms with van der Waals surface area (Å²) in [5, 5.41) is 19.1. The standard InChI is InChI=1S/C43H69N5O5/c1-25(2)27(5)38(6)18-19-40(8)29-14-15-32-39(7)21-52-23-43(32,30(29)16-17-41(40,9)33(38)37(50)51)20-31(34(39)53-22-42(10,44)26(3)4)48-24-45-35(47-48)36(49)46-28-12-11-13-28/h16,24-29,31-34H,11-15,17-23,44H2,1-10H3,(H,46,49)(H,50,51)/t27-,29+,31-,32+,33-,34+,38-,39+,40-,41+,42+,43?/m1/s1. The molecule has 2 bridgehead atoms. The number of carboxylic acid groups (broad SMARTS) is 1. The lowest BCUT2D eigenvalue weighted by Gasteiger charge is -2.71. The number of amides is 1. The van der Waals surface area contributed by atoms with E-state index in [1.165, 1.54) is 5.57 Å². The second kappa shape index (κ2) is 13.1. The first kappa shape index (κ1) is 39.0. The van der Waals surface area contributed by atoms with Gasteiger partial charge in [-0.15, -0.1) is 5.10 Å². The molecule has 10 heteroatoms. The molecule has 7 rings (SSSR count). The molecule has 1 amide bonds. The Balaban J connectivity index is 1.30. The molecule has 10 nitrogen and oxygen atoms in total. The van der Waals surface area contributed by atoms with Crippen LogP contribution in [0.2, 0.25) is 0 Å². The second-order valence-electron chi connectivity index (χ2n) is 20.7. The van der Waals surface area contributed by atoms with Crippen molar-refractivity contribution in [1.29, 1.82) is 0 Å². The molecule has 0 radical (unpaired) electrons. The van der Waals surface area contributed by atoms with E-state index in [0.29, 0.717) is 37.6 Å². The molecule has 6 aliphatic rings. The number of carboxylic acids is 1. The first-order valence-corrected chi connectivity index (χ1v) is 20.9. The highest BCUT2D eigenvalue weighted by Crippen LogP contribution is 2.75. The van der Waals surface area contributed by atoms with Gasteiger partial charge < -0.3 is 25.6 Å². The lowest BCUT2D eigenvalue weighted by molar-refractivity contribution is -0.252. The topological polar surface area (TPSA) is 142 Å². The highest BCUT2D eigenvalue weighted by atomic mass is 16.5. The van der Waals surface area contributed by atoms with Gasteiger partial charge in [0.1, 0.15) is 6.33 Å². The number of allylic oxidation sites excluding steroid dienone is 1. The largest absolute Gasteiger partial charge is 0.481 e. The molecule has 12 atom stereocenters. The maximum Gasteiger partial charge on any atom is 0.307 e. The highest BCUT2D eigenvalue weighted by molar-refractivity contribution is 5.90. The summed E-state index contributed by atoms with van der Waals surface area (Å²) >= 11 is 0. The lowest BCUT2D eigenvalue weighted by Crippen LogP contribution is -2.69. The molecule has 1 aliphatic heterocycles. The van der Waals surface area contributed by atoms with Crippen LogP contribution >= 0.6 is 0 Å². The first-order valence-electron chi connectivity index (χ1n) is 20.9. The van der Waals surface area contributed by atoms with Crippen molar-refractivity contribution in [3.05, 3.63) is 23.8 Å². The molecule has 4 saturated carbocycles. The van der Waals surface area contributed by atoms with E-state index in [9.17, 15) is 14.7 Å². The predicted octanol–water partition coefficient (Wildman–Crippen LogP) is 7.45. The number of aromatic nitrogens is 3. The molecule has 296 valence electrons. The van der Waals surface area contributed by atoms with E-state index in [4.69, 9.17) is 20.3 Å². The van der Waals surface area contributed by atoms with Crippen LogP contribution < -0.4 is 11.1 Å². The number of nitrogens with one attached hydrogen (secondary N) is 1. The zero-order valence-corrected chi connectivity index (χ0v) is 34.3. The Morgan fingerprint density at radius 2 is 1.79 bits per heavy atom. The van der Waals surface area contributed by atoms with Crippen molar-refractivity contribution in [3.8, 4) is 0 Å². The van der Waals surface area contributed by atoms with E-state index in [1.807, 2.05) is 4.68 Å². The summed E-state index contributed by atoms with van der Waals surface area (Å²) in [6.07, 6.45) is 12.6. The van der Waals surface area contributed by atoms with Crippen LogP contribution in [0, 0.1) is 62.6 Å². The summed E-state index contributed by atoms with van der Waals surface area (Å²) in [5.74, 6) is 0.414. The van der Waals surface area contributed by atoms with Gasteiger partial charge in [0, 0.05) is 22.4 Å². The van der Waals surface area contributed by atoms with Gasteiger partial charge in [0.2, 0.25) is 5.82 Å². The van der Waals surface area contributed by atoms with Gasteiger partial charge in [0.25, 0.3) is 5.91 Å². The van der Waals surface area contributed by atoms with Crippen LogP contribution in [0.4, 0.5) is 0 Å². The number of rotatable bonds is 10. The summed E-state index contributed by atoms with van der Waals surface area (Å²) in [4.78, 5) is 31.4. The van der Waals surface area contributed by atoms with Gasteiger partial charge in [-0.25, -0.2) is 9.67 Å². The van der Waals surface area contributed by atoms with Crippen molar-refractivity contribution in [2.24, 2.45) is 68.3 Å². The second-order valence-corrected chi connectivity index (χ2v) is 20.7. The van der Waals surface area contributed by atoms with E-state index in [2.05, 4.69) is 85.6 Å². The molecule has 53 heavy (non-hydrogen) atoms. The normalized spacial score (nSPS) is 42.7. The smallest absolute Gasteiger partial charge is 0.307 e. The number of nitrogens with two attached hydrogens (primary N) is 1. The number of ether oxygens (including phenoxy) is 2. The molecule has 5 aliphatic carbocycles. The third-order valence-electron chi connectivity index (χ3n) is 17.5. The van der Waals surface area contributed by atoms with E-state index >= 15 is 0 Å². The molecule has 1 saturated heterocycles. The first-order chi connectivity index (χ1) is 24.7. The van der Waals surface area contributed by atoms with E-state index in [1.54, 1.807) is 6.33 Å². The van der Waals surface area contributed by atoms with Crippen LogP contribution in [-0.4, -0.2) is 69.3 Å². The monoisotopic (exact) mass is 736 g/mol. The summed E-state index contributed by atoms with van der Waals surface area (Å²) in [5.41, 5.74) is 6.34. The average molecular weight is 736 g/mol. The zero-order chi connectivity index (χ0) is 38.5. The minimum atomic E-state index is -0.639. The molecule has 1 aromatic heterocycles. The van der Waals surface area contributed by atoms with Gasteiger partial charge in [-0.3, -0.25) is 9.59 Å². The number of nitrogens with zero attached hydrogens (tertiary/aromatic N) is 3. The molecule has 0 spiro atoms. The van der Waals surface area contributed by atoms with Crippen LogP contribution in [0.1, 0.15) is 144 Å². The van der Waals surface area contributed by atoms with Crippen molar-refractivity contribution in [2.75, 3.05) is 19.8 Å². The Morgan fingerprint density at radius 3 is 2.42 bits per heavy atom. The highest BCUT2D eigenvalue weighted by Gasteiger charge is 2.72. The number of hydrogen-bond donors (Lipinski definition) is 3. The van der Waals surface area contributed by atoms with Crippen LogP contribution in [-0.2, 0) is 14.3 Å². The summed E-state index contributed by atoms with van der Waals surface area (Å²) in [7, 11) is 0. The number of carbonyl (C=O) groups is 2. The van der Waals surface area contributed by atoms with Crippen molar-refractivity contribution in [2.45, 2.75) is 151 Å². The fourth-order valence-corrected chi connectivity index (χ4v) is 12.9. The fraction of sp³-hybridized carbons (Fsp3) is 0.860. The van der Waals surface area contributed by atoms with Gasteiger partial charge >= 0.3 is 5.97 Å². The van der Waals surface area contributed by atoms with Crippen molar-refractivity contribution < 1.29 is 24.2 Å². The molecule has 0 aromatic carbocycles. The van der Waals surface area contributed by atoms with Crippen LogP contribution in [0.5, 0.6) is 0 Å². The van der Waals surface area contributed by atoms with E-state index in [-0.39, 0.29) is 68.8 Å². The van der Waals surface area contributed by atoms with Crippen molar-refractivity contribution in [3.63, 3.8) is 0 Å². The summed E-state index contributed by atoms with van der Waals surface area (Å²) in [6.45, 7) is 24.1. The van der Waals surface area contributed by atoms with Gasteiger partial charge in [0.15, 0.2) is 0 Å². The van der Waals surface area contributed by atoms with Gasteiger partial charge in [-0.05, 0) is 111 Å². The zero-order valence-electron chi connectivity index (χ0n) is 34.3. The molecular formula is C43H69N5O5. The number of carbonyl (C=O) groups excluding carboxylic acids is 1. The number of fused-ring (bicyclic) bond motifs is 3. The van der Waals surface area contributed by atoms with Gasteiger partial charge in [0.05, 0.1) is 37.9 Å². The molecule has 1 aromatic rings. The van der Waals surface area contributed by atoms with Crippen LogP contribution in [0.15, 0.2) is 18.0 Å². The van der Waals surface area contributed by atoms with Crippen LogP contribution in [0.3, 0.4) is 0 Å². The third-order valence-corrected chi connectivity index (χ3v) is 17.5. The Labute approximate surface area is 318 Å². The maximum absolute atomic E-state index is 13.5. The number of aliphatic carboxylic acids is 1. The molecule has 4 N–H and O–H groups in total. The summed E-state index contributed by atoms with van der Waals surface area (Å²) in [6, 6.07) is 0.0138. The van der Waals surface area contributed by atoms with Gasteiger partial charge in [-0.2, -0.15) is 0 Å². The lowest BCUT2D eigenvalue weighted by atomic mass is 9.34.